The molecule has 0 spiro atoms. The van der Waals surface area contributed by atoms with Gasteiger partial charge < -0.3 is 19.5 Å². The van der Waals surface area contributed by atoms with Crippen LogP contribution < -0.4 is 14.8 Å². The van der Waals surface area contributed by atoms with Gasteiger partial charge in [0, 0.05) is 24.5 Å². The largest absolute Gasteiger partial charge is 0.494 e. The number of nitrogens with zero attached hydrogens (tertiary/aromatic N) is 1. The zero-order chi connectivity index (χ0) is 23.5. The minimum absolute atomic E-state index is 0.161. The molecule has 2 aromatic rings. The smallest absolute Gasteiger partial charge is 0.243 e. The maximum atomic E-state index is 12.8. The third-order valence-electron chi connectivity index (χ3n) is 4.75. The van der Waals surface area contributed by atoms with E-state index in [1.807, 2.05) is 24.3 Å². The number of anilines is 1. The van der Waals surface area contributed by atoms with Crippen molar-refractivity contribution in [3.63, 3.8) is 0 Å². The Bertz CT molecular complexity index is 992. The molecule has 1 saturated heterocycles. The van der Waals surface area contributed by atoms with Gasteiger partial charge in [0.25, 0.3) is 0 Å². The van der Waals surface area contributed by atoms with E-state index in [-0.39, 0.29) is 16.6 Å². The van der Waals surface area contributed by atoms with Gasteiger partial charge in [-0.3, -0.25) is 4.79 Å². The monoisotopic (exact) mass is 494 g/mol. The van der Waals surface area contributed by atoms with E-state index in [9.17, 15) is 13.2 Å². The van der Waals surface area contributed by atoms with Gasteiger partial charge in [-0.1, -0.05) is 13.0 Å². The van der Waals surface area contributed by atoms with Crippen molar-refractivity contribution in [2.45, 2.75) is 18.2 Å². The maximum Gasteiger partial charge on any atom is 0.243 e. The van der Waals surface area contributed by atoms with E-state index in [1.165, 1.54) is 28.2 Å². The second-order valence-electron chi connectivity index (χ2n) is 7.31. The van der Waals surface area contributed by atoms with Crippen molar-refractivity contribution in [2.75, 3.05) is 56.3 Å². The molecule has 8 nitrogen and oxygen atoms in total. The third kappa shape index (κ3) is 7.92. The number of hydrogen-bond donors (Lipinski definition) is 1. The molecule has 0 aliphatic carbocycles. The van der Waals surface area contributed by atoms with Crippen LogP contribution in [0.25, 0.3) is 0 Å². The number of sulfonamides is 1. The van der Waals surface area contributed by atoms with E-state index in [0.29, 0.717) is 51.0 Å². The Labute approximate surface area is 199 Å². The van der Waals surface area contributed by atoms with Crippen LogP contribution in [-0.4, -0.2) is 69.7 Å². The van der Waals surface area contributed by atoms with E-state index in [0.717, 1.165) is 17.9 Å². The summed E-state index contributed by atoms with van der Waals surface area (Å²) < 4.78 is 43.4. The van der Waals surface area contributed by atoms with Gasteiger partial charge in [-0.25, -0.2) is 8.42 Å². The minimum atomic E-state index is -3.61. The van der Waals surface area contributed by atoms with E-state index >= 15 is 0 Å². The maximum absolute atomic E-state index is 12.8. The fourth-order valence-electron chi connectivity index (χ4n) is 3.10. The molecule has 0 aromatic heterocycles. The minimum Gasteiger partial charge on any atom is -0.494 e. The van der Waals surface area contributed by atoms with Crippen LogP contribution in [0, 0.1) is 0 Å². The summed E-state index contributed by atoms with van der Waals surface area (Å²) in [5.74, 6) is 2.26. The Hall–Kier alpha value is -2.27. The molecular weight excluding hydrogens is 464 g/mol. The number of hydrogen-bond acceptors (Lipinski definition) is 7. The molecule has 3 rings (SSSR count). The number of ether oxygens (including phenoxy) is 3. The number of benzene rings is 2. The lowest BCUT2D eigenvalue weighted by atomic mass is 10.3. The van der Waals surface area contributed by atoms with Crippen LogP contribution in [0.15, 0.2) is 53.4 Å². The molecule has 1 aliphatic heterocycles. The van der Waals surface area contributed by atoms with Gasteiger partial charge in [-0.15, -0.1) is 11.8 Å². The predicted octanol–water partition coefficient (Wildman–Crippen LogP) is 3.25. The summed E-state index contributed by atoms with van der Waals surface area (Å²) in [4.78, 5) is 12.4. The van der Waals surface area contributed by atoms with Gasteiger partial charge in [-0.05, 0) is 48.9 Å². The summed E-state index contributed by atoms with van der Waals surface area (Å²) in [6.07, 6.45) is 0.960. The number of nitrogens with one attached hydrogen (secondary N) is 1. The number of morpholine rings is 1. The lowest BCUT2D eigenvalue weighted by molar-refractivity contribution is -0.113. The molecule has 0 atom stereocenters. The van der Waals surface area contributed by atoms with Crippen LogP contribution in [0.5, 0.6) is 11.5 Å². The predicted molar refractivity (Wildman–Crippen MR) is 130 cm³/mol. The van der Waals surface area contributed by atoms with Crippen LogP contribution in [0.3, 0.4) is 0 Å². The molecule has 1 N–H and O–H groups in total. The number of amides is 1. The lowest BCUT2D eigenvalue weighted by Crippen LogP contribution is -2.40. The summed E-state index contributed by atoms with van der Waals surface area (Å²) in [5.41, 5.74) is 0.455. The Kier molecular flexibility index (Phi) is 9.86. The second kappa shape index (κ2) is 12.8. The van der Waals surface area contributed by atoms with Gasteiger partial charge in [0.2, 0.25) is 15.9 Å². The molecule has 10 heteroatoms. The van der Waals surface area contributed by atoms with Crippen molar-refractivity contribution in [1.29, 1.82) is 0 Å². The molecule has 180 valence electrons. The summed E-state index contributed by atoms with van der Waals surface area (Å²) in [5, 5.41) is 2.77. The molecule has 1 aliphatic rings. The molecule has 0 unspecified atom stereocenters. The van der Waals surface area contributed by atoms with E-state index in [2.05, 4.69) is 12.2 Å². The van der Waals surface area contributed by atoms with Crippen LogP contribution in [0.4, 0.5) is 5.69 Å². The number of rotatable bonds is 12. The Morgan fingerprint density at radius 1 is 1.06 bits per heavy atom. The van der Waals surface area contributed by atoms with Gasteiger partial charge in [0.05, 0.1) is 37.1 Å². The zero-order valence-electron chi connectivity index (χ0n) is 18.7. The molecule has 0 radical (unpaired) electrons. The average Bonchev–Trinajstić information content (AvgIpc) is 2.84. The first-order valence-corrected chi connectivity index (χ1v) is 13.5. The van der Waals surface area contributed by atoms with Gasteiger partial charge in [0.15, 0.2) is 0 Å². The van der Waals surface area contributed by atoms with E-state index in [4.69, 9.17) is 14.2 Å². The lowest BCUT2D eigenvalue weighted by Gasteiger charge is -2.26. The summed E-state index contributed by atoms with van der Waals surface area (Å²) in [6, 6.07) is 13.8. The summed E-state index contributed by atoms with van der Waals surface area (Å²) in [7, 11) is -3.61. The van der Waals surface area contributed by atoms with E-state index in [1.54, 1.807) is 12.1 Å². The first kappa shape index (κ1) is 25.4. The third-order valence-corrected chi connectivity index (χ3v) is 7.57. The highest BCUT2D eigenvalue weighted by atomic mass is 32.2. The first-order chi connectivity index (χ1) is 16.0. The number of carbonyl (C=O) groups excluding carboxylic acids is 1. The fourth-order valence-corrected chi connectivity index (χ4v) is 5.16. The van der Waals surface area contributed by atoms with Crippen molar-refractivity contribution in [3.8, 4) is 11.5 Å². The Morgan fingerprint density at radius 2 is 1.73 bits per heavy atom. The first-order valence-electron chi connectivity index (χ1n) is 10.9. The van der Waals surface area contributed by atoms with Crippen LogP contribution in [0.1, 0.15) is 13.3 Å². The number of carbonyl (C=O) groups is 1. The molecule has 1 heterocycles. The van der Waals surface area contributed by atoms with Crippen molar-refractivity contribution in [1.82, 2.24) is 4.31 Å². The molecule has 1 fully saturated rings. The summed E-state index contributed by atoms with van der Waals surface area (Å²) >= 11 is 1.44. The van der Waals surface area contributed by atoms with Crippen molar-refractivity contribution in [2.24, 2.45) is 0 Å². The molecule has 0 saturated carbocycles. The summed E-state index contributed by atoms with van der Waals surface area (Å²) in [6.45, 7) is 4.64. The Morgan fingerprint density at radius 3 is 2.39 bits per heavy atom. The normalized spacial score (nSPS) is 14.6. The van der Waals surface area contributed by atoms with Crippen molar-refractivity contribution in [3.05, 3.63) is 48.5 Å². The molecule has 33 heavy (non-hydrogen) atoms. The average molecular weight is 495 g/mol. The highest BCUT2D eigenvalue weighted by molar-refractivity contribution is 7.99. The SMILES string of the molecule is CCCOc1ccc(OCCSCC(=O)Nc2cccc(S(=O)(=O)N3CCOCC3)c2)cc1. The second-order valence-corrected chi connectivity index (χ2v) is 10.4. The van der Waals surface area contributed by atoms with Gasteiger partial charge in [-0.2, -0.15) is 4.31 Å². The molecule has 2 aromatic carbocycles. The quantitative estimate of drug-likeness (QED) is 0.453. The Balaban J connectivity index is 1.40. The standard InChI is InChI=1S/C23H30N2O6S2/c1-2-12-30-20-6-8-21(9-7-20)31-15-16-32-18-23(26)24-19-4-3-5-22(17-19)33(27,28)25-10-13-29-14-11-25/h3-9,17H,2,10-16,18H2,1H3,(H,24,26). The molecule has 0 bridgehead atoms. The highest BCUT2D eigenvalue weighted by Gasteiger charge is 2.26. The van der Waals surface area contributed by atoms with E-state index < -0.39 is 10.0 Å². The molecular formula is C23H30N2O6S2. The van der Waals surface area contributed by atoms with Crippen molar-refractivity contribution < 1.29 is 27.4 Å². The van der Waals surface area contributed by atoms with Gasteiger partial charge >= 0.3 is 0 Å². The van der Waals surface area contributed by atoms with Crippen LogP contribution in [-0.2, 0) is 19.6 Å². The topological polar surface area (TPSA) is 94.2 Å². The fraction of sp³-hybridized carbons (Fsp3) is 0.435. The van der Waals surface area contributed by atoms with Crippen molar-refractivity contribution >= 4 is 33.4 Å². The van der Waals surface area contributed by atoms with Crippen LogP contribution >= 0.6 is 11.8 Å². The molecule has 1 amide bonds. The highest BCUT2D eigenvalue weighted by Crippen LogP contribution is 2.21. The van der Waals surface area contributed by atoms with Gasteiger partial charge in [0.1, 0.15) is 11.5 Å². The number of thioether (sulfide) groups is 1. The zero-order valence-corrected chi connectivity index (χ0v) is 20.3. The van der Waals surface area contributed by atoms with Crippen LogP contribution in [0.2, 0.25) is 0 Å².